The lowest BCUT2D eigenvalue weighted by molar-refractivity contribution is -0.137. The van der Waals surface area contributed by atoms with Crippen LogP contribution in [0, 0.1) is 0 Å². The first-order valence-electron chi connectivity index (χ1n) is 6.91. The summed E-state index contributed by atoms with van der Waals surface area (Å²) in [5.41, 5.74) is 2.51. The molecule has 0 aromatic heterocycles. The quantitative estimate of drug-likeness (QED) is 0.870. The molecule has 1 fully saturated rings. The summed E-state index contributed by atoms with van der Waals surface area (Å²) in [7, 11) is 0. The summed E-state index contributed by atoms with van der Waals surface area (Å²) >= 11 is 0. The molecule has 0 spiro atoms. The van der Waals surface area contributed by atoms with E-state index in [1.807, 2.05) is 0 Å². The lowest BCUT2D eigenvalue weighted by atomic mass is 10.1. The highest BCUT2D eigenvalue weighted by Gasteiger charge is 2.26. The van der Waals surface area contributed by atoms with Crippen molar-refractivity contribution in [2.45, 2.75) is 38.8 Å². The lowest BCUT2D eigenvalue weighted by Gasteiger charge is -2.40. The van der Waals surface area contributed by atoms with Gasteiger partial charge in [0.15, 0.2) is 0 Å². The zero-order chi connectivity index (χ0) is 13.8. The molecule has 1 aromatic rings. The Hall–Kier alpha value is -1.55. The van der Waals surface area contributed by atoms with Gasteiger partial charge in [-0.3, -0.25) is 4.79 Å². The van der Waals surface area contributed by atoms with E-state index in [9.17, 15) is 4.79 Å². The van der Waals surface area contributed by atoms with Crippen LogP contribution in [0.25, 0.3) is 0 Å². The van der Waals surface area contributed by atoms with Crippen molar-refractivity contribution in [2.75, 3.05) is 18.0 Å². The maximum Gasteiger partial charge on any atom is 0.304 e. The van der Waals surface area contributed by atoms with Crippen molar-refractivity contribution in [3.8, 4) is 0 Å². The highest BCUT2D eigenvalue weighted by Crippen LogP contribution is 2.21. The topological polar surface area (TPSA) is 52.6 Å². The number of piperazine rings is 1. The number of aryl methyl sites for hydroxylation is 1. The van der Waals surface area contributed by atoms with E-state index in [0.29, 0.717) is 6.04 Å². The summed E-state index contributed by atoms with van der Waals surface area (Å²) in [5.74, 6) is -0.742. The molecule has 2 atom stereocenters. The first-order chi connectivity index (χ1) is 9.10. The number of hydrogen-bond acceptors (Lipinski definition) is 3. The van der Waals surface area contributed by atoms with Crippen LogP contribution in [0.5, 0.6) is 0 Å². The molecule has 2 N–H and O–H groups in total. The maximum absolute atomic E-state index is 10.8. The zero-order valence-corrected chi connectivity index (χ0v) is 11.6. The molecule has 1 aliphatic heterocycles. The largest absolute Gasteiger partial charge is 0.481 e. The van der Waals surface area contributed by atoms with E-state index in [1.54, 1.807) is 0 Å². The van der Waals surface area contributed by atoms with Crippen LogP contribution in [-0.4, -0.2) is 36.2 Å². The standard InChI is InChI=1S/C15H22N2O2/c1-3-12-4-6-14(7-5-12)17-10-13(8-15(18)19)16-9-11(17)2/h4-7,11,13,16H,3,8-10H2,1-2H3,(H,18,19). The van der Waals surface area contributed by atoms with Gasteiger partial charge in [0.25, 0.3) is 0 Å². The third kappa shape index (κ3) is 3.47. The lowest BCUT2D eigenvalue weighted by Crippen LogP contribution is -2.56. The van der Waals surface area contributed by atoms with Crippen molar-refractivity contribution < 1.29 is 9.90 Å². The Bertz CT molecular complexity index is 430. The van der Waals surface area contributed by atoms with E-state index in [1.165, 1.54) is 11.3 Å². The summed E-state index contributed by atoms with van der Waals surface area (Å²) in [6.45, 7) is 5.88. The molecule has 0 saturated carbocycles. The van der Waals surface area contributed by atoms with E-state index in [2.05, 4.69) is 48.3 Å². The molecule has 1 aromatic carbocycles. The van der Waals surface area contributed by atoms with E-state index in [0.717, 1.165) is 19.5 Å². The SMILES string of the molecule is CCc1ccc(N2CC(CC(=O)O)NCC2C)cc1. The van der Waals surface area contributed by atoms with Crippen LogP contribution in [0.3, 0.4) is 0 Å². The highest BCUT2D eigenvalue weighted by atomic mass is 16.4. The zero-order valence-electron chi connectivity index (χ0n) is 11.6. The van der Waals surface area contributed by atoms with Crippen molar-refractivity contribution in [3.05, 3.63) is 29.8 Å². The molecule has 0 amide bonds. The second-order valence-electron chi connectivity index (χ2n) is 5.22. The molecule has 2 unspecified atom stereocenters. The maximum atomic E-state index is 10.8. The van der Waals surface area contributed by atoms with Crippen LogP contribution in [0.1, 0.15) is 25.8 Å². The van der Waals surface area contributed by atoms with Crippen LogP contribution in [-0.2, 0) is 11.2 Å². The molecule has 4 nitrogen and oxygen atoms in total. The van der Waals surface area contributed by atoms with Crippen molar-refractivity contribution in [3.63, 3.8) is 0 Å². The molecule has 0 radical (unpaired) electrons. The second-order valence-corrected chi connectivity index (χ2v) is 5.22. The normalized spacial score (nSPS) is 23.4. The minimum absolute atomic E-state index is 0.0274. The Kier molecular flexibility index (Phi) is 4.43. The number of carboxylic acid groups (broad SMARTS) is 1. The van der Waals surface area contributed by atoms with Gasteiger partial charge in [-0.25, -0.2) is 0 Å². The van der Waals surface area contributed by atoms with Gasteiger partial charge in [-0.15, -0.1) is 0 Å². The number of anilines is 1. The summed E-state index contributed by atoms with van der Waals surface area (Å²) in [5, 5.41) is 12.2. The molecule has 1 saturated heterocycles. The average Bonchev–Trinajstić information content (AvgIpc) is 2.40. The summed E-state index contributed by atoms with van der Waals surface area (Å²) in [6.07, 6.45) is 1.22. The molecule has 1 aliphatic rings. The fourth-order valence-electron chi connectivity index (χ4n) is 2.56. The van der Waals surface area contributed by atoms with Gasteiger partial charge in [0.2, 0.25) is 0 Å². The third-order valence-corrected chi connectivity index (χ3v) is 3.75. The summed E-state index contributed by atoms with van der Waals surface area (Å²) < 4.78 is 0. The van der Waals surface area contributed by atoms with Crippen molar-refractivity contribution >= 4 is 11.7 Å². The third-order valence-electron chi connectivity index (χ3n) is 3.75. The first kappa shape index (κ1) is 13.9. The van der Waals surface area contributed by atoms with Gasteiger partial charge in [0, 0.05) is 30.9 Å². The fourth-order valence-corrected chi connectivity index (χ4v) is 2.56. The Morgan fingerprint density at radius 2 is 2.11 bits per heavy atom. The van der Waals surface area contributed by atoms with Gasteiger partial charge in [0.05, 0.1) is 6.42 Å². The van der Waals surface area contributed by atoms with E-state index >= 15 is 0 Å². The van der Waals surface area contributed by atoms with E-state index < -0.39 is 5.97 Å². The van der Waals surface area contributed by atoms with Crippen LogP contribution < -0.4 is 10.2 Å². The van der Waals surface area contributed by atoms with Crippen LogP contribution in [0.4, 0.5) is 5.69 Å². The molecule has 0 aliphatic carbocycles. The van der Waals surface area contributed by atoms with Gasteiger partial charge in [0.1, 0.15) is 0 Å². The number of carbonyl (C=O) groups is 1. The van der Waals surface area contributed by atoms with Crippen LogP contribution >= 0.6 is 0 Å². The van der Waals surface area contributed by atoms with Crippen molar-refractivity contribution in [2.24, 2.45) is 0 Å². The van der Waals surface area contributed by atoms with Gasteiger partial charge < -0.3 is 15.3 Å². The first-order valence-corrected chi connectivity index (χ1v) is 6.91. The predicted octanol–water partition coefficient (Wildman–Crippen LogP) is 1.89. The minimum atomic E-state index is -0.742. The Morgan fingerprint density at radius 3 is 2.68 bits per heavy atom. The smallest absolute Gasteiger partial charge is 0.304 e. The van der Waals surface area contributed by atoms with Crippen LogP contribution in [0.15, 0.2) is 24.3 Å². The van der Waals surface area contributed by atoms with E-state index in [4.69, 9.17) is 5.11 Å². The highest BCUT2D eigenvalue weighted by molar-refractivity contribution is 5.67. The van der Waals surface area contributed by atoms with Gasteiger partial charge in [-0.2, -0.15) is 0 Å². The second kappa shape index (κ2) is 6.06. The number of hydrogen-bond donors (Lipinski definition) is 2. The Morgan fingerprint density at radius 1 is 1.42 bits per heavy atom. The minimum Gasteiger partial charge on any atom is -0.481 e. The van der Waals surface area contributed by atoms with Crippen molar-refractivity contribution in [1.29, 1.82) is 0 Å². The number of carboxylic acids is 1. The molecule has 19 heavy (non-hydrogen) atoms. The average molecular weight is 262 g/mol. The summed E-state index contributed by atoms with van der Waals surface area (Å²) in [6, 6.07) is 8.99. The molecule has 4 heteroatoms. The van der Waals surface area contributed by atoms with E-state index in [-0.39, 0.29) is 12.5 Å². The Balaban J connectivity index is 2.09. The number of aliphatic carboxylic acids is 1. The van der Waals surface area contributed by atoms with Crippen LogP contribution in [0.2, 0.25) is 0 Å². The number of rotatable bonds is 4. The predicted molar refractivity (Wildman–Crippen MR) is 76.7 cm³/mol. The van der Waals surface area contributed by atoms with Gasteiger partial charge >= 0.3 is 5.97 Å². The molecular weight excluding hydrogens is 240 g/mol. The van der Waals surface area contributed by atoms with Gasteiger partial charge in [-0.05, 0) is 31.0 Å². The van der Waals surface area contributed by atoms with Gasteiger partial charge in [-0.1, -0.05) is 19.1 Å². The molecule has 1 heterocycles. The molecule has 104 valence electrons. The molecule has 0 bridgehead atoms. The summed E-state index contributed by atoms with van der Waals surface area (Å²) in [4.78, 5) is 13.1. The van der Waals surface area contributed by atoms with Crippen molar-refractivity contribution in [1.82, 2.24) is 5.32 Å². The number of nitrogens with one attached hydrogen (secondary N) is 1. The molecular formula is C15H22N2O2. The monoisotopic (exact) mass is 262 g/mol. The number of nitrogens with zero attached hydrogens (tertiary/aromatic N) is 1. The number of benzene rings is 1. The molecule has 2 rings (SSSR count). The Labute approximate surface area is 114 Å². The fraction of sp³-hybridized carbons (Fsp3) is 0.533.